The molecule has 0 aromatic carbocycles. The average molecular weight is 405 g/mol. The van der Waals surface area contributed by atoms with Gasteiger partial charge in [0.25, 0.3) is 11.1 Å². The minimum Gasteiger partial charge on any atom is -0.444 e. The zero-order valence-electron chi connectivity index (χ0n) is 16.1. The molecule has 3 amide bonds. The largest absolute Gasteiger partial charge is 0.444 e. The number of hydrogen-bond acceptors (Lipinski definition) is 8. The van der Waals surface area contributed by atoms with Crippen LogP contribution in [0.4, 0.5) is 15.5 Å². The molecular weight excluding hydrogens is 382 g/mol. The number of ether oxygens (including phenoxy) is 1. The summed E-state index contributed by atoms with van der Waals surface area (Å²) in [6.45, 7) is 7.93. The van der Waals surface area contributed by atoms with Gasteiger partial charge in [0.2, 0.25) is 5.95 Å². The number of rotatable bonds is 2. The first kappa shape index (κ1) is 20.1. The Kier molecular flexibility index (Phi) is 5.87. The lowest BCUT2D eigenvalue weighted by Gasteiger charge is -2.26. The van der Waals surface area contributed by atoms with E-state index < -0.39 is 11.5 Å². The molecule has 1 aromatic heterocycles. The highest BCUT2D eigenvalue weighted by Gasteiger charge is 2.26. The van der Waals surface area contributed by atoms with Crippen molar-refractivity contribution >= 4 is 41.0 Å². The summed E-state index contributed by atoms with van der Waals surface area (Å²) in [5.74, 6) is 0.105. The lowest BCUT2D eigenvalue weighted by atomic mass is 10.2. The van der Waals surface area contributed by atoms with E-state index in [4.69, 9.17) is 4.74 Å². The molecule has 28 heavy (non-hydrogen) atoms. The summed E-state index contributed by atoms with van der Waals surface area (Å²) in [7, 11) is 0. The van der Waals surface area contributed by atoms with Crippen molar-refractivity contribution in [2.45, 2.75) is 32.8 Å². The Bertz CT molecular complexity index is 820. The van der Waals surface area contributed by atoms with Crippen molar-refractivity contribution in [1.29, 1.82) is 0 Å². The molecule has 10 heteroatoms. The van der Waals surface area contributed by atoms with Crippen LogP contribution in [-0.2, 0) is 9.53 Å². The third-order valence-corrected chi connectivity index (χ3v) is 4.83. The van der Waals surface area contributed by atoms with Crippen molar-refractivity contribution in [2.24, 2.45) is 0 Å². The van der Waals surface area contributed by atoms with Gasteiger partial charge in [-0.1, -0.05) is 0 Å². The Morgan fingerprint density at radius 2 is 2.04 bits per heavy atom. The Morgan fingerprint density at radius 1 is 1.25 bits per heavy atom. The average Bonchev–Trinajstić information content (AvgIpc) is 2.81. The monoisotopic (exact) mass is 405 g/mol. The molecule has 2 fully saturated rings. The number of anilines is 1. The number of carbonyl (C=O) groups excluding carboxylic acids is 3. The van der Waals surface area contributed by atoms with Gasteiger partial charge >= 0.3 is 6.09 Å². The van der Waals surface area contributed by atoms with E-state index in [1.54, 1.807) is 23.2 Å². The summed E-state index contributed by atoms with van der Waals surface area (Å²) in [6, 6.07) is 1.68. The summed E-state index contributed by atoms with van der Waals surface area (Å²) in [4.78, 5) is 48.1. The molecule has 1 aromatic rings. The van der Waals surface area contributed by atoms with Gasteiger partial charge in [0.05, 0.1) is 10.6 Å². The van der Waals surface area contributed by atoms with Crippen LogP contribution >= 0.6 is 11.8 Å². The lowest BCUT2D eigenvalue weighted by Crippen LogP contribution is -2.39. The Morgan fingerprint density at radius 3 is 2.71 bits per heavy atom. The van der Waals surface area contributed by atoms with E-state index in [0.29, 0.717) is 42.7 Å². The van der Waals surface area contributed by atoms with Crippen LogP contribution in [0.2, 0.25) is 0 Å². The van der Waals surface area contributed by atoms with Crippen molar-refractivity contribution in [3.8, 4) is 0 Å². The summed E-state index contributed by atoms with van der Waals surface area (Å²) in [6.07, 6.45) is 3.63. The van der Waals surface area contributed by atoms with E-state index in [1.807, 2.05) is 25.7 Å². The number of nitrogens with zero attached hydrogens (tertiary/aromatic N) is 4. The van der Waals surface area contributed by atoms with Crippen molar-refractivity contribution < 1.29 is 19.1 Å². The normalized spacial score (nSPS) is 19.6. The second kappa shape index (κ2) is 8.17. The van der Waals surface area contributed by atoms with Crippen LogP contribution in [0.3, 0.4) is 0 Å². The molecule has 0 atom stereocenters. The number of amides is 3. The molecule has 2 saturated heterocycles. The van der Waals surface area contributed by atoms with Gasteiger partial charge in [-0.3, -0.25) is 14.9 Å². The number of nitrogens with one attached hydrogen (secondary N) is 1. The van der Waals surface area contributed by atoms with Crippen LogP contribution in [-0.4, -0.2) is 63.9 Å². The fourth-order valence-electron chi connectivity index (χ4n) is 2.78. The van der Waals surface area contributed by atoms with Crippen LogP contribution in [0.25, 0.3) is 6.08 Å². The van der Waals surface area contributed by atoms with Crippen LogP contribution in [0.5, 0.6) is 0 Å². The van der Waals surface area contributed by atoms with Gasteiger partial charge in [0.1, 0.15) is 5.60 Å². The number of aromatic nitrogens is 2. The number of imide groups is 1. The minimum atomic E-state index is -0.528. The zero-order chi connectivity index (χ0) is 20.3. The first-order chi connectivity index (χ1) is 13.2. The van der Waals surface area contributed by atoms with Crippen molar-refractivity contribution in [3.63, 3.8) is 0 Å². The SMILES string of the molecule is CC(C)(C)OC(=O)N1CCCN(c2nccc(C=C3SC(=O)NC3=O)n2)CC1. The van der Waals surface area contributed by atoms with Gasteiger partial charge in [-0.05, 0) is 51.1 Å². The van der Waals surface area contributed by atoms with E-state index in [-0.39, 0.29) is 11.3 Å². The van der Waals surface area contributed by atoms with Crippen molar-refractivity contribution in [3.05, 3.63) is 22.9 Å². The number of thioether (sulfide) groups is 1. The Balaban J connectivity index is 1.68. The number of carbonyl (C=O) groups is 3. The summed E-state index contributed by atoms with van der Waals surface area (Å²) >= 11 is 0.851. The van der Waals surface area contributed by atoms with E-state index >= 15 is 0 Å². The van der Waals surface area contributed by atoms with Gasteiger partial charge in [-0.25, -0.2) is 14.8 Å². The smallest absolute Gasteiger partial charge is 0.410 e. The summed E-state index contributed by atoms with van der Waals surface area (Å²) in [5, 5.41) is 1.83. The van der Waals surface area contributed by atoms with Gasteiger partial charge in [-0.2, -0.15) is 0 Å². The van der Waals surface area contributed by atoms with Crippen molar-refractivity contribution in [1.82, 2.24) is 20.2 Å². The highest BCUT2D eigenvalue weighted by molar-refractivity contribution is 8.18. The number of hydrogen-bond donors (Lipinski definition) is 1. The second-order valence-corrected chi connectivity index (χ2v) is 8.46. The Labute approximate surface area is 167 Å². The molecule has 0 spiro atoms. The molecule has 0 aliphatic carbocycles. The highest BCUT2D eigenvalue weighted by atomic mass is 32.2. The first-order valence-corrected chi connectivity index (χ1v) is 9.84. The zero-order valence-corrected chi connectivity index (χ0v) is 16.9. The topological polar surface area (TPSA) is 105 Å². The molecule has 0 radical (unpaired) electrons. The molecule has 0 bridgehead atoms. The fraction of sp³-hybridized carbons (Fsp3) is 0.500. The van der Waals surface area contributed by atoms with Crippen molar-refractivity contribution in [2.75, 3.05) is 31.1 Å². The van der Waals surface area contributed by atoms with Crippen LogP contribution in [0, 0.1) is 0 Å². The molecule has 3 rings (SSSR count). The van der Waals surface area contributed by atoms with Crippen LogP contribution in [0.1, 0.15) is 32.9 Å². The maximum Gasteiger partial charge on any atom is 0.410 e. The molecule has 3 heterocycles. The third-order valence-electron chi connectivity index (χ3n) is 4.02. The van der Waals surface area contributed by atoms with Crippen LogP contribution < -0.4 is 10.2 Å². The quantitative estimate of drug-likeness (QED) is 0.747. The van der Waals surface area contributed by atoms with Gasteiger partial charge in [-0.15, -0.1) is 0 Å². The Hall–Kier alpha value is -2.62. The molecule has 0 unspecified atom stereocenters. The maximum atomic E-state index is 12.3. The predicted molar refractivity (Wildman–Crippen MR) is 106 cm³/mol. The maximum absolute atomic E-state index is 12.3. The lowest BCUT2D eigenvalue weighted by molar-refractivity contribution is -0.115. The molecule has 2 aliphatic heterocycles. The summed E-state index contributed by atoms with van der Waals surface area (Å²) < 4.78 is 5.45. The van der Waals surface area contributed by atoms with E-state index in [9.17, 15) is 14.4 Å². The van der Waals surface area contributed by atoms with Gasteiger partial charge in [0, 0.05) is 32.4 Å². The standard InChI is InChI=1S/C18H23N5O4S/c1-18(2,3)27-17(26)23-8-4-7-22(9-10-23)15-19-6-5-12(20-15)11-13-14(24)21-16(25)28-13/h5-6,11H,4,7-10H2,1-3H3,(H,21,24,25). The van der Waals surface area contributed by atoms with Gasteiger partial charge < -0.3 is 14.5 Å². The molecule has 1 N–H and O–H groups in total. The highest BCUT2D eigenvalue weighted by Crippen LogP contribution is 2.25. The fourth-order valence-corrected chi connectivity index (χ4v) is 3.44. The van der Waals surface area contributed by atoms with Gasteiger partial charge in [0.15, 0.2) is 0 Å². The van der Waals surface area contributed by atoms with E-state index in [1.165, 1.54) is 0 Å². The third kappa shape index (κ3) is 5.22. The summed E-state index contributed by atoms with van der Waals surface area (Å²) in [5.41, 5.74) is 0.0190. The molecule has 9 nitrogen and oxygen atoms in total. The molecule has 2 aliphatic rings. The molecular formula is C18H23N5O4S. The van der Waals surface area contributed by atoms with Crippen LogP contribution in [0.15, 0.2) is 17.2 Å². The molecule has 0 saturated carbocycles. The predicted octanol–water partition coefficient (Wildman–Crippen LogP) is 2.25. The van der Waals surface area contributed by atoms with E-state index in [0.717, 1.165) is 18.2 Å². The minimum absolute atomic E-state index is 0.307. The van der Waals surface area contributed by atoms with E-state index in [2.05, 4.69) is 15.3 Å². The second-order valence-electron chi connectivity index (χ2n) is 7.44. The molecule has 150 valence electrons. The first-order valence-electron chi connectivity index (χ1n) is 9.02.